The summed E-state index contributed by atoms with van der Waals surface area (Å²) in [5, 5.41) is 22.3. The second kappa shape index (κ2) is 7.47. The van der Waals surface area contributed by atoms with E-state index in [2.05, 4.69) is 15.7 Å². The first-order valence-corrected chi connectivity index (χ1v) is 10.0. The van der Waals surface area contributed by atoms with Crippen LogP contribution in [0.4, 0.5) is 10.5 Å². The molecule has 0 spiro atoms. The van der Waals surface area contributed by atoms with Gasteiger partial charge < -0.3 is 15.7 Å². The molecule has 3 aromatic rings. The van der Waals surface area contributed by atoms with Crippen molar-refractivity contribution in [3.05, 3.63) is 52.3 Å². The fourth-order valence-corrected chi connectivity index (χ4v) is 3.63. The van der Waals surface area contributed by atoms with E-state index >= 15 is 0 Å². The van der Waals surface area contributed by atoms with Crippen molar-refractivity contribution >= 4 is 29.0 Å². The normalized spacial score (nSPS) is 13.3. The number of anilines is 1. The second-order valence-corrected chi connectivity index (χ2v) is 7.59. The van der Waals surface area contributed by atoms with Crippen molar-refractivity contribution in [1.29, 1.82) is 0 Å². The van der Waals surface area contributed by atoms with Crippen molar-refractivity contribution in [2.45, 2.75) is 25.7 Å². The number of hydrogen-bond donors (Lipinski definition) is 3. The Morgan fingerprint density at radius 3 is 2.75 bits per heavy atom. The summed E-state index contributed by atoms with van der Waals surface area (Å²) in [5.74, 6) is 0.0981. The van der Waals surface area contributed by atoms with Gasteiger partial charge in [-0.15, -0.1) is 11.3 Å². The van der Waals surface area contributed by atoms with Gasteiger partial charge in [0.15, 0.2) is 0 Å². The number of hydrogen-bond acceptors (Lipinski definition) is 5. The Morgan fingerprint density at radius 2 is 2.11 bits per heavy atom. The summed E-state index contributed by atoms with van der Waals surface area (Å²) >= 11 is 1.35. The minimum Gasteiger partial charge on any atom is -0.507 e. The number of carbonyl (C=O) groups excluding carboxylic acids is 2. The lowest BCUT2D eigenvalue weighted by atomic mass is 10.1. The van der Waals surface area contributed by atoms with Crippen molar-refractivity contribution < 1.29 is 14.7 Å². The summed E-state index contributed by atoms with van der Waals surface area (Å²) in [7, 11) is 0. The predicted octanol–water partition coefficient (Wildman–Crippen LogP) is 4.02. The topological polar surface area (TPSA) is 96.3 Å². The van der Waals surface area contributed by atoms with Crippen molar-refractivity contribution in [3.63, 3.8) is 0 Å². The molecule has 0 unspecified atom stereocenters. The molecule has 8 heteroatoms. The summed E-state index contributed by atoms with van der Waals surface area (Å²) in [6.07, 6.45) is 2.06. The first-order valence-electron chi connectivity index (χ1n) is 9.13. The molecule has 0 atom stereocenters. The number of aromatic nitrogens is 2. The monoisotopic (exact) mass is 396 g/mol. The number of nitrogens with zero attached hydrogens (tertiary/aromatic N) is 2. The van der Waals surface area contributed by atoms with Gasteiger partial charge in [0, 0.05) is 29.8 Å². The number of carbonyl (C=O) groups is 2. The highest BCUT2D eigenvalue weighted by atomic mass is 32.1. The molecule has 1 saturated carbocycles. The quantitative estimate of drug-likeness (QED) is 0.607. The van der Waals surface area contributed by atoms with Gasteiger partial charge in [0.05, 0.1) is 16.3 Å². The van der Waals surface area contributed by atoms with Gasteiger partial charge in [-0.25, -0.2) is 4.79 Å². The first kappa shape index (κ1) is 18.2. The minimum absolute atomic E-state index is 0.00752. The molecule has 0 aliphatic heterocycles. The maximum absolute atomic E-state index is 12.3. The van der Waals surface area contributed by atoms with Crippen LogP contribution in [0.25, 0.3) is 11.3 Å². The van der Waals surface area contributed by atoms with E-state index in [-0.39, 0.29) is 17.7 Å². The van der Waals surface area contributed by atoms with E-state index in [1.54, 1.807) is 18.2 Å². The molecule has 28 heavy (non-hydrogen) atoms. The summed E-state index contributed by atoms with van der Waals surface area (Å²) in [5.41, 5.74) is 2.39. The van der Waals surface area contributed by atoms with Crippen LogP contribution in [-0.4, -0.2) is 33.4 Å². The fourth-order valence-electron chi connectivity index (χ4n) is 3.01. The molecule has 1 aliphatic carbocycles. The van der Waals surface area contributed by atoms with Gasteiger partial charge in [-0.05, 0) is 49.4 Å². The number of phenolic OH excluding ortho intramolecular Hbond substituents is 1. The molecular weight excluding hydrogens is 376 g/mol. The van der Waals surface area contributed by atoms with Crippen LogP contribution in [0.5, 0.6) is 5.75 Å². The molecule has 2 aromatic heterocycles. The molecule has 1 fully saturated rings. The third-order valence-electron chi connectivity index (χ3n) is 4.53. The van der Waals surface area contributed by atoms with Crippen molar-refractivity contribution in [1.82, 2.24) is 15.1 Å². The van der Waals surface area contributed by atoms with E-state index in [0.29, 0.717) is 34.3 Å². The maximum Gasteiger partial charge on any atom is 0.342 e. The van der Waals surface area contributed by atoms with Crippen molar-refractivity contribution in [2.24, 2.45) is 0 Å². The summed E-state index contributed by atoms with van der Waals surface area (Å²) < 4.78 is 1.39. The van der Waals surface area contributed by atoms with Gasteiger partial charge in [0.2, 0.25) is 0 Å². The van der Waals surface area contributed by atoms with Gasteiger partial charge in [-0.2, -0.15) is 9.78 Å². The lowest BCUT2D eigenvalue weighted by Crippen LogP contribution is -2.30. The van der Waals surface area contributed by atoms with Crippen LogP contribution in [0.1, 0.15) is 41.0 Å². The lowest BCUT2D eigenvalue weighted by molar-refractivity contribution is 0.103. The third-order valence-corrected chi connectivity index (χ3v) is 5.40. The number of aromatic hydroxyl groups is 1. The highest BCUT2D eigenvalue weighted by Gasteiger charge is 2.30. The average Bonchev–Trinajstić information content (AvgIpc) is 3.19. The summed E-state index contributed by atoms with van der Waals surface area (Å²) in [6, 6.07) is 10.0. The van der Waals surface area contributed by atoms with E-state index < -0.39 is 0 Å². The zero-order valence-electron chi connectivity index (χ0n) is 15.3. The van der Waals surface area contributed by atoms with E-state index in [0.717, 1.165) is 18.5 Å². The molecule has 0 bridgehead atoms. The average molecular weight is 396 g/mol. The molecule has 4 rings (SSSR count). The lowest BCUT2D eigenvalue weighted by Gasteiger charge is -2.07. The largest absolute Gasteiger partial charge is 0.507 e. The summed E-state index contributed by atoms with van der Waals surface area (Å²) in [4.78, 5) is 25.1. The number of rotatable bonds is 5. The van der Waals surface area contributed by atoms with Crippen LogP contribution in [-0.2, 0) is 0 Å². The van der Waals surface area contributed by atoms with Crippen LogP contribution >= 0.6 is 11.3 Å². The van der Waals surface area contributed by atoms with Gasteiger partial charge in [-0.1, -0.05) is 6.07 Å². The van der Waals surface area contributed by atoms with Crippen molar-refractivity contribution in [3.8, 4) is 17.0 Å². The summed E-state index contributed by atoms with van der Waals surface area (Å²) in [6.45, 7) is 2.37. The molecule has 0 radical (unpaired) electrons. The highest BCUT2D eigenvalue weighted by Crippen LogP contribution is 2.42. The molecular formula is C20H20N4O3S. The Balaban J connectivity index is 1.60. The highest BCUT2D eigenvalue weighted by molar-refractivity contribution is 7.12. The van der Waals surface area contributed by atoms with Crippen LogP contribution in [0, 0.1) is 0 Å². The zero-order valence-corrected chi connectivity index (χ0v) is 16.1. The minimum atomic E-state index is -0.269. The van der Waals surface area contributed by atoms with E-state index in [9.17, 15) is 14.7 Å². The van der Waals surface area contributed by atoms with Crippen LogP contribution in [0.2, 0.25) is 0 Å². The SMILES string of the molecule is CCNC(=O)n1nc(-c2ccc(NC(=O)c3cccs3)cc2O)cc1C1CC1. The molecule has 7 nitrogen and oxygen atoms in total. The van der Waals surface area contributed by atoms with Crippen LogP contribution in [0.3, 0.4) is 0 Å². The standard InChI is InChI=1S/C20H20N4O3S/c1-2-21-20(27)24-16(12-5-6-12)11-15(23-24)14-8-7-13(10-17(14)25)22-19(26)18-4-3-9-28-18/h3-4,7-12,25H,2,5-6H2,1H3,(H,21,27)(H,22,26). The van der Waals surface area contributed by atoms with Crippen molar-refractivity contribution in [2.75, 3.05) is 11.9 Å². The Labute approximate surface area is 166 Å². The number of thiophene rings is 1. The van der Waals surface area contributed by atoms with Crippen LogP contribution < -0.4 is 10.6 Å². The third kappa shape index (κ3) is 3.63. The molecule has 2 amide bonds. The number of benzene rings is 1. The Bertz CT molecular complexity index is 1020. The first-order chi connectivity index (χ1) is 13.6. The smallest absolute Gasteiger partial charge is 0.342 e. The van der Waals surface area contributed by atoms with E-state index in [1.807, 2.05) is 24.4 Å². The number of amides is 2. The molecule has 0 saturated heterocycles. The molecule has 2 heterocycles. The van der Waals surface area contributed by atoms with E-state index in [4.69, 9.17) is 0 Å². The second-order valence-electron chi connectivity index (χ2n) is 6.64. The maximum atomic E-state index is 12.3. The Morgan fingerprint density at radius 1 is 1.29 bits per heavy atom. The van der Waals surface area contributed by atoms with Gasteiger partial charge in [0.25, 0.3) is 5.91 Å². The van der Waals surface area contributed by atoms with Gasteiger partial charge >= 0.3 is 6.03 Å². The van der Waals surface area contributed by atoms with E-state index in [1.165, 1.54) is 22.1 Å². The van der Waals surface area contributed by atoms with Gasteiger partial charge in [0.1, 0.15) is 5.75 Å². The molecule has 144 valence electrons. The predicted molar refractivity (Wildman–Crippen MR) is 108 cm³/mol. The number of nitrogens with one attached hydrogen (secondary N) is 2. The number of phenols is 1. The van der Waals surface area contributed by atoms with Gasteiger partial charge in [-0.3, -0.25) is 4.79 Å². The molecule has 1 aromatic carbocycles. The Kier molecular flexibility index (Phi) is 4.87. The fraction of sp³-hybridized carbons (Fsp3) is 0.250. The Hall–Kier alpha value is -3.13. The zero-order chi connectivity index (χ0) is 19.7. The van der Waals surface area contributed by atoms with Crippen LogP contribution in [0.15, 0.2) is 41.8 Å². The molecule has 1 aliphatic rings. The molecule has 3 N–H and O–H groups in total.